The minimum absolute atomic E-state index is 0.0773. The molecule has 2 rings (SSSR count). The van der Waals surface area contributed by atoms with Gasteiger partial charge in [-0.1, -0.05) is 37.3 Å². The maximum Gasteiger partial charge on any atom is 0.243 e. The lowest BCUT2D eigenvalue weighted by atomic mass is 10.0. The van der Waals surface area contributed by atoms with Crippen molar-refractivity contribution in [1.29, 1.82) is 0 Å². The van der Waals surface area contributed by atoms with E-state index >= 15 is 0 Å². The molecule has 21 heavy (non-hydrogen) atoms. The summed E-state index contributed by atoms with van der Waals surface area (Å²) in [5.41, 5.74) is 1.08. The van der Waals surface area contributed by atoms with Crippen LogP contribution in [0.25, 0.3) is 0 Å². The normalized spacial score (nSPS) is 13.2. The third-order valence-corrected chi connectivity index (χ3v) is 4.58. The van der Waals surface area contributed by atoms with E-state index in [-0.39, 0.29) is 24.0 Å². The van der Waals surface area contributed by atoms with Crippen molar-refractivity contribution in [3.8, 4) is 0 Å². The fourth-order valence-electron chi connectivity index (χ4n) is 1.93. The van der Waals surface area contributed by atoms with Crippen molar-refractivity contribution >= 4 is 10.0 Å². The average molecular weight is 309 g/mol. The Balaban J connectivity index is 2.00. The molecular weight excluding hydrogens is 290 g/mol. The molecule has 0 saturated carbocycles. The first-order chi connectivity index (χ1) is 10.0. The zero-order valence-corrected chi connectivity index (χ0v) is 12.6. The number of hydrogen-bond donors (Lipinski definition) is 2. The molecule has 1 heterocycles. The summed E-state index contributed by atoms with van der Waals surface area (Å²) in [6.07, 6.45) is 2.69. The maximum atomic E-state index is 12.2. The van der Waals surface area contributed by atoms with Gasteiger partial charge in [-0.25, -0.2) is 13.1 Å². The number of rotatable bonds is 7. The van der Waals surface area contributed by atoms with Crippen LogP contribution in [-0.2, 0) is 16.6 Å². The van der Waals surface area contributed by atoms with E-state index in [4.69, 9.17) is 5.11 Å². The molecule has 1 unspecified atom stereocenters. The fourth-order valence-corrected chi connectivity index (χ4v) is 3.01. The Morgan fingerprint density at radius 1 is 1.33 bits per heavy atom. The van der Waals surface area contributed by atoms with E-state index in [9.17, 15) is 8.42 Å². The largest absolute Gasteiger partial charge is 0.394 e. The standard InChI is InChI=1S/C14H19N3O3S/c1-12(13-5-3-2-4-6-13)9-16-21(19,20)14-10-15-17(11-14)7-8-18/h2-6,10-12,16,18H,7-9H2,1H3. The van der Waals surface area contributed by atoms with Gasteiger partial charge in [-0.2, -0.15) is 5.10 Å². The van der Waals surface area contributed by atoms with Crippen molar-refractivity contribution < 1.29 is 13.5 Å². The highest BCUT2D eigenvalue weighted by Crippen LogP contribution is 2.15. The molecule has 2 aromatic rings. The van der Waals surface area contributed by atoms with E-state index in [0.717, 1.165) is 5.56 Å². The number of nitrogens with zero attached hydrogens (tertiary/aromatic N) is 2. The van der Waals surface area contributed by atoms with Gasteiger partial charge in [0, 0.05) is 12.7 Å². The molecule has 0 bridgehead atoms. The van der Waals surface area contributed by atoms with Crippen LogP contribution in [0.2, 0.25) is 0 Å². The Hall–Kier alpha value is -1.70. The molecule has 6 nitrogen and oxygen atoms in total. The van der Waals surface area contributed by atoms with E-state index < -0.39 is 10.0 Å². The van der Waals surface area contributed by atoms with Gasteiger partial charge in [0.2, 0.25) is 10.0 Å². The molecule has 0 aliphatic heterocycles. The first kappa shape index (κ1) is 15.7. The molecule has 7 heteroatoms. The molecule has 2 N–H and O–H groups in total. The quantitative estimate of drug-likeness (QED) is 0.798. The van der Waals surface area contributed by atoms with Crippen LogP contribution in [0.3, 0.4) is 0 Å². The Bertz CT molecular complexity index is 668. The van der Waals surface area contributed by atoms with Crippen LogP contribution in [0, 0.1) is 0 Å². The van der Waals surface area contributed by atoms with E-state index in [1.165, 1.54) is 17.1 Å². The van der Waals surface area contributed by atoms with Crippen LogP contribution in [-0.4, -0.2) is 36.5 Å². The topological polar surface area (TPSA) is 84.2 Å². The van der Waals surface area contributed by atoms with Crippen LogP contribution in [0.15, 0.2) is 47.6 Å². The Labute approximate surface area is 124 Å². The number of aliphatic hydroxyl groups excluding tert-OH is 1. The lowest BCUT2D eigenvalue weighted by Crippen LogP contribution is -2.27. The molecule has 114 valence electrons. The van der Waals surface area contributed by atoms with Gasteiger partial charge in [0.05, 0.1) is 19.3 Å². The predicted octanol–water partition coefficient (Wildman–Crippen LogP) is 0.957. The molecule has 0 saturated heterocycles. The number of sulfonamides is 1. The average Bonchev–Trinajstić information content (AvgIpc) is 2.96. The number of hydrogen-bond acceptors (Lipinski definition) is 4. The molecule has 0 spiro atoms. The highest BCUT2D eigenvalue weighted by atomic mass is 32.2. The van der Waals surface area contributed by atoms with Crippen molar-refractivity contribution in [2.24, 2.45) is 0 Å². The summed E-state index contributed by atoms with van der Waals surface area (Å²) in [5.74, 6) is 0.0773. The van der Waals surface area contributed by atoms with E-state index in [2.05, 4.69) is 9.82 Å². The van der Waals surface area contributed by atoms with Crippen molar-refractivity contribution in [1.82, 2.24) is 14.5 Å². The second-order valence-electron chi connectivity index (χ2n) is 4.83. The van der Waals surface area contributed by atoms with E-state index in [1.807, 2.05) is 37.3 Å². The maximum absolute atomic E-state index is 12.2. The van der Waals surface area contributed by atoms with Crippen LogP contribution < -0.4 is 4.72 Å². The molecule has 0 aliphatic carbocycles. The molecule has 1 atom stereocenters. The van der Waals surface area contributed by atoms with Gasteiger partial charge in [-0.05, 0) is 11.5 Å². The van der Waals surface area contributed by atoms with Gasteiger partial charge >= 0.3 is 0 Å². The first-order valence-electron chi connectivity index (χ1n) is 6.71. The van der Waals surface area contributed by atoms with E-state index in [1.54, 1.807) is 0 Å². The second kappa shape index (κ2) is 6.84. The van der Waals surface area contributed by atoms with Crippen LogP contribution >= 0.6 is 0 Å². The van der Waals surface area contributed by atoms with Gasteiger partial charge in [0.25, 0.3) is 0 Å². The summed E-state index contributed by atoms with van der Waals surface area (Å²) < 4.78 is 28.3. The minimum Gasteiger partial charge on any atom is -0.394 e. The lowest BCUT2D eigenvalue weighted by Gasteiger charge is -2.12. The molecule has 1 aromatic heterocycles. The van der Waals surface area contributed by atoms with Gasteiger partial charge in [0.15, 0.2) is 0 Å². The Morgan fingerprint density at radius 2 is 2.05 bits per heavy atom. The summed E-state index contributed by atoms with van der Waals surface area (Å²) in [6.45, 7) is 2.47. The number of benzene rings is 1. The van der Waals surface area contributed by atoms with Gasteiger partial charge < -0.3 is 5.11 Å². The van der Waals surface area contributed by atoms with Crippen molar-refractivity contribution in [2.75, 3.05) is 13.2 Å². The zero-order chi connectivity index (χ0) is 15.3. The number of nitrogens with one attached hydrogen (secondary N) is 1. The van der Waals surface area contributed by atoms with Crippen LogP contribution in [0.4, 0.5) is 0 Å². The molecular formula is C14H19N3O3S. The highest BCUT2D eigenvalue weighted by molar-refractivity contribution is 7.89. The van der Waals surface area contributed by atoms with Gasteiger partial charge in [-0.3, -0.25) is 4.68 Å². The Morgan fingerprint density at radius 3 is 2.71 bits per heavy atom. The van der Waals surface area contributed by atoms with Crippen LogP contribution in [0.5, 0.6) is 0 Å². The molecule has 0 fully saturated rings. The summed E-state index contributed by atoms with van der Waals surface area (Å²) in [4.78, 5) is 0.108. The summed E-state index contributed by atoms with van der Waals surface area (Å²) in [6, 6.07) is 9.73. The molecule has 0 amide bonds. The third-order valence-electron chi connectivity index (χ3n) is 3.20. The summed E-state index contributed by atoms with van der Waals surface area (Å²) in [7, 11) is -3.58. The minimum atomic E-state index is -3.58. The number of aliphatic hydroxyl groups is 1. The fraction of sp³-hybridized carbons (Fsp3) is 0.357. The SMILES string of the molecule is CC(CNS(=O)(=O)c1cnn(CCO)c1)c1ccccc1. The van der Waals surface area contributed by atoms with Crippen LogP contribution in [0.1, 0.15) is 18.4 Å². The molecule has 0 radical (unpaired) electrons. The lowest BCUT2D eigenvalue weighted by molar-refractivity contribution is 0.269. The van der Waals surface area contributed by atoms with Crippen molar-refractivity contribution in [3.05, 3.63) is 48.3 Å². The third kappa shape index (κ3) is 4.13. The second-order valence-corrected chi connectivity index (χ2v) is 6.59. The van der Waals surface area contributed by atoms with Crippen molar-refractivity contribution in [2.45, 2.75) is 24.3 Å². The highest BCUT2D eigenvalue weighted by Gasteiger charge is 2.17. The molecule has 1 aromatic carbocycles. The number of aromatic nitrogens is 2. The van der Waals surface area contributed by atoms with E-state index in [0.29, 0.717) is 6.54 Å². The zero-order valence-electron chi connectivity index (χ0n) is 11.8. The monoisotopic (exact) mass is 309 g/mol. The van der Waals surface area contributed by atoms with Gasteiger partial charge in [0.1, 0.15) is 4.90 Å². The van der Waals surface area contributed by atoms with Crippen molar-refractivity contribution in [3.63, 3.8) is 0 Å². The summed E-state index contributed by atoms with van der Waals surface area (Å²) >= 11 is 0. The Kier molecular flexibility index (Phi) is 5.11. The molecule has 0 aliphatic rings. The first-order valence-corrected chi connectivity index (χ1v) is 8.19. The predicted molar refractivity (Wildman–Crippen MR) is 79.4 cm³/mol. The smallest absolute Gasteiger partial charge is 0.243 e. The van der Waals surface area contributed by atoms with Gasteiger partial charge in [-0.15, -0.1) is 0 Å². The summed E-state index contributed by atoms with van der Waals surface area (Å²) in [5, 5.41) is 12.7.